The molecule has 200 valence electrons. The molecule has 8 nitrogen and oxygen atoms in total. The number of carboxylic acid groups (broad SMARTS) is 1. The maximum Gasteiger partial charge on any atom is 0.335 e. The predicted molar refractivity (Wildman–Crippen MR) is 152 cm³/mol. The topological polar surface area (TPSA) is 109 Å². The van der Waals surface area contributed by atoms with Crippen LogP contribution in [-0.4, -0.2) is 37.5 Å². The van der Waals surface area contributed by atoms with Crippen LogP contribution in [0.2, 0.25) is 5.02 Å². The van der Waals surface area contributed by atoms with E-state index in [1.165, 1.54) is 17.0 Å². The van der Waals surface area contributed by atoms with E-state index < -0.39 is 11.5 Å². The summed E-state index contributed by atoms with van der Waals surface area (Å²) in [6.45, 7) is 9.85. The molecule has 2 aromatic carbocycles. The van der Waals surface area contributed by atoms with Crippen molar-refractivity contribution in [3.63, 3.8) is 0 Å². The fourth-order valence-corrected chi connectivity index (χ4v) is 6.22. The number of aromatic carboxylic acids is 1. The summed E-state index contributed by atoms with van der Waals surface area (Å²) in [5, 5.41) is 22.7. The lowest BCUT2D eigenvalue weighted by atomic mass is 9.94. The molecule has 1 unspecified atom stereocenters. The van der Waals surface area contributed by atoms with Crippen LogP contribution in [0.5, 0.6) is 0 Å². The number of carboxylic acids is 1. The number of thiophene rings is 1. The monoisotopic (exact) mass is 561 g/mol. The van der Waals surface area contributed by atoms with Crippen LogP contribution in [0.25, 0.3) is 5.00 Å². The first-order chi connectivity index (χ1) is 18.5. The van der Waals surface area contributed by atoms with Gasteiger partial charge in [0.25, 0.3) is 0 Å². The number of nitrogens with one attached hydrogen (secondary N) is 1. The molecule has 0 bridgehead atoms. The maximum atomic E-state index is 13.5. The van der Waals surface area contributed by atoms with Gasteiger partial charge in [-0.3, -0.25) is 14.4 Å². The zero-order valence-corrected chi connectivity index (χ0v) is 23.8. The molecule has 2 N–H and O–H groups in total. The van der Waals surface area contributed by atoms with Gasteiger partial charge in [-0.25, -0.2) is 4.79 Å². The van der Waals surface area contributed by atoms with Crippen LogP contribution in [0, 0.1) is 20.8 Å². The Kier molecular flexibility index (Phi) is 6.90. The van der Waals surface area contributed by atoms with E-state index in [1.807, 2.05) is 49.6 Å². The van der Waals surface area contributed by atoms with E-state index in [2.05, 4.69) is 29.4 Å². The average molecular weight is 562 g/mol. The quantitative estimate of drug-likeness (QED) is 0.303. The summed E-state index contributed by atoms with van der Waals surface area (Å²) in [5.74, 6) is 0.114. The molecule has 3 heterocycles. The van der Waals surface area contributed by atoms with E-state index in [0.717, 1.165) is 38.8 Å². The molecule has 2 atom stereocenters. The van der Waals surface area contributed by atoms with Crippen LogP contribution in [0.1, 0.15) is 75.4 Å². The molecule has 0 fully saturated rings. The van der Waals surface area contributed by atoms with E-state index in [9.17, 15) is 14.7 Å². The number of carbonyl (C=O) groups excluding carboxylic acids is 1. The molecule has 0 saturated carbocycles. The smallest absolute Gasteiger partial charge is 0.335 e. The number of benzene rings is 2. The summed E-state index contributed by atoms with van der Waals surface area (Å²) in [7, 11) is 0. The summed E-state index contributed by atoms with van der Waals surface area (Å²) in [6.07, 6.45) is 0.0345. The number of fused-ring (bicyclic) bond motifs is 3. The fourth-order valence-electron chi connectivity index (χ4n) is 4.89. The van der Waals surface area contributed by atoms with Gasteiger partial charge in [0.05, 0.1) is 23.7 Å². The van der Waals surface area contributed by atoms with E-state index in [1.54, 1.807) is 23.5 Å². The lowest BCUT2D eigenvalue weighted by Crippen LogP contribution is -2.35. The van der Waals surface area contributed by atoms with Crippen molar-refractivity contribution in [3.8, 4) is 5.00 Å². The van der Waals surface area contributed by atoms with E-state index in [4.69, 9.17) is 16.6 Å². The van der Waals surface area contributed by atoms with Gasteiger partial charge in [0.15, 0.2) is 5.82 Å². The first kappa shape index (κ1) is 26.8. The van der Waals surface area contributed by atoms with Crippen molar-refractivity contribution in [1.82, 2.24) is 20.1 Å². The second kappa shape index (κ2) is 10.1. The van der Waals surface area contributed by atoms with Crippen molar-refractivity contribution >= 4 is 40.5 Å². The number of hydrogen-bond donors (Lipinski definition) is 2. The molecule has 1 aliphatic heterocycles. The summed E-state index contributed by atoms with van der Waals surface area (Å²) in [6, 6.07) is 13.7. The molecule has 0 radical (unpaired) electrons. The van der Waals surface area contributed by atoms with Gasteiger partial charge in [0.2, 0.25) is 5.91 Å². The van der Waals surface area contributed by atoms with Crippen molar-refractivity contribution in [2.45, 2.75) is 52.6 Å². The maximum absolute atomic E-state index is 13.5. The zero-order valence-electron chi connectivity index (χ0n) is 22.2. The van der Waals surface area contributed by atoms with Crippen molar-refractivity contribution < 1.29 is 14.7 Å². The summed E-state index contributed by atoms with van der Waals surface area (Å²) < 4.78 is 2.02. The lowest BCUT2D eigenvalue weighted by molar-refractivity contribution is -0.122. The van der Waals surface area contributed by atoms with Crippen LogP contribution in [-0.2, 0) is 10.3 Å². The number of aromatic nitrogens is 3. The third-order valence-electron chi connectivity index (χ3n) is 7.13. The molecule has 0 aliphatic carbocycles. The van der Waals surface area contributed by atoms with Crippen molar-refractivity contribution in [2.75, 3.05) is 0 Å². The standard InChI is InChI=1S/C29H28ClN5O3S/c1-15-17(3)39-26-24(15)25(20-10-12-22(30)13-11-20)32-29(5,28-34-33-18(4)35(26)28)14-23(36)31-16(2)19-6-8-21(9-7-19)27(37)38/h6-13,16H,14H2,1-5H3,(H,31,36)(H,37,38)/t16?,29-/m0/s1. The Morgan fingerprint density at radius 3 is 2.38 bits per heavy atom. The number of aliphatic imine (C=N–C) groups is 1. The number of hydrogen-bond acceptors (Lipinski definition) is 6. The van der Waals surface area contributed by atoms with E-state index in [-0.39, 0.29) is 23.9 Å². The highest BCUT2D eigenvalue weighted by molar-refractivity contribution is 7.15. The minimum Gasteiger partial charge on any atom is -0.478 e. The van der Waals surface area contributed by atoms with Crippen LogP contribution >= 0.6 is 22.9 Å². The second-order valence-electron chi connectivity index (χ2n) is 10.0. The number of nitrogens with zero attached hydrogens (tertiary/aromatic N) is 4. The van der Waals surface area contributed by atoms with Gasteiger partial charge in [-0.2, -0.15) is 0 Å². The normalized spacial score (nSPS) is 17.0. The van der Waals surface area contributed by atoms with Gasteiger partial charge in [-0.15, -0.1) is 21.5 Å². The molecule has 39 heavy (non-hydrogen) atoms. The van der Waals surface area contributed by atoms with Gasteiger partial charge >= 0.3 is 5.97 Å². The second-order valence-corrected chi connectivity index (χ2v) is 11.6. The molecule has 0 saturated heterocycles. The minimum atomic E-state index is -1.02. The minimum absolute atomic E-state index is 0.0345. The van der Waals surface area contributed by atoms with E-state index >= 15 is 0 Å². The van der Waals surface area contributed by atoms with Gasteiger partial charge in [0.1, 0.15) is 16.4 Å². The Morgan fingerprint density at radius 1 is 1.08 bits per heavy atom. The van der Waals surface area contributed by atoms with Crippen LogP contribution in [0.15, 0.2) is 53.5 Å². The highest BCUT2D eigenvalue weighted by atomic mass is 35.5. The van der Waals surface area contributed by atoms with Gasteiger partial charge in [-0.05, 0) is 70.0 Å². The zero-order chi connectivity index (χ0) is 28.1. The number of rotatable bonds is 6. The molecule has 2 aromatic heterocycles. The van der Waals surface area contributed by atoms with Gasteiger partial charge < -0.3 is 10.4 Å². The molecular formula is C29H28ClN5O3S. The molecular weight excluding hydrogens is 534 g/mol. The first-order valence-electron chi connectivity index (χ1n) is 12.5. The molecule has 1 aliphatic rings. The van der Waals surface area contributed by atoms with Gasteiger partial charge in [0, 0.05) is 21.0 Å². The Morgan fingerprint density at radius 2 is 1.74 bits per heavy atom. The Balaban J connectivity index is 1.56. The Hall–Kier alpha value is -3.82. The Bertz CT molecular complexity index is 1620. The molecule has 10 heteroatoms. The number of carbonyl (C=O) groups is 2. The third kappa shape index (κ3) is 4.88. The van der Waals surface area contributed by atoms with E-state index in [0.29, 0.717) is 10.8 Å². The van der Waals surface area contributed by atoms with Crippen molar-refractivity contribution in [3.05, 3.63) is 97.9 Å². The van der Waals surface area contributed by atoms with Crippen molar-refractivity contribution in [2.24, 2.45) is 4.99 Å². The summed E-state index contributed by atoms with van der Waals surface area (Å²) in [4.78, 5) is 31.1. The highest BCUT2D eigenvalue weighted by Crippen LogP contribution is 2.42. The number of halogens is 1. The molecule has 0 spiro atoms. The van der Waals surface area contributed by atoms with Crippen LogP contribution in [0.4, 0.5) is 0 Å². The molecule has 5 rings (SSSR count). The average Bonchev–Trinajstić information content (AvgIpc) is 3.39. The number of aryl methyl sites for hydroxylation is 2. The highest BCUT2D eigenvalue weighted by Gasteiger charge is 2.40. The SMILES string of the molecule is Cc1sc2c(c1C)C(c1ccc(Cl)cc1)=N[C@@](C)(CC(=O)NC(C)c1ccc(C(=O)O)cc1)c1nnc(C)n1-2. The van der Waals surface area contributed by atoms with Gasteiger partial charge in [-0.1, -0.05) is 35.9 Å². The lowest BCUT2D eigenvalue weighted by Gasteiger charge is -2.25. The van der Waals surface area contributed by atoms with Crippen LogP contribution in [0.3, 0.4) is 0 Å². The molecule has 1 amide bonds. The first-order valence-corrected chi connectivity index (χ1v) is 13.7. The van der Waals surface area contributed by atoms with Crippen molar-refractivity contribution in [1.29, 1.82) is 0 Å². The molecule has 4 aromatic rings. The summed E-state index contributed by atoms with van der Waals surface area (Å²) >= 11 is 7.86. The Labute approximate surface area is 235 Å². The number of amides is 1. The fraction of sp³-hybridized carbons (Fsp3) is 0.276. The summed E-state index contributed by atoms with van der Waals surface area (Å²) in [5.41, 5.74) is 3.77. The predicted octanol–water partition coefficient (Wildman–Crippen LogP) is 5.94. The van der Waals surface area contributed by atoms with Crippen LogP contribution < -0.4 is 5.32 Å². The largest absolute Gasteiger partial charge is 0.478 e. The third-order valence-corrected chi connectivity index (χ3v) is 8.57.